The predicted molar refractivity (Wildman–Crippen MR) is 119 cm³/mol. The van der Waals surface area contributed by atoms with Gasteiger partial charge in [0.05, 0.1) is 10.8 Å². The highest BCUT2D eigenvalue weighted by Gasteiger charge is 2.14. The van der Waals surface area contributed by atoms with Gasteiger partial charge in [0.1, 0.15) is 28.4 Å². The summed E-state index contributed by atoms with van der Waals surface area (Å²) < 4.78 is 25.5. The fraction of sp³-hybridized carbons (Fsp3) is 0. The molecule has 4 aromatic carbocycles. The van der Waals surface area contributed by atoms with Gasteiger partial charge in [0, 0.05) is 0 Å². The van der Waals surface area contributed by atoms with E-state index in [0.29, 0.717) is 21.6 Å². The van der Waals surface area contributed by atoms with Gasteiger partial charge < -0.3 is 5.21 Å². The van der Waals surface area contributed by atoms with Gasteiger partial charge in [0.25, 0.3) is 0 Å². The molecule has 0 bridgehead atoms. The van der Waals surface area contributed by atoms with E-state index in [-0.39, 0.29) is 11.6 Å². The molecule has 162 valence electrons. The maximum Gasteiger partial charge on any atom is 0.250 e. The Morgan fingerprint density at radius 2 is 1.06 bits per heavy atom. The van der Waals surface area contributed by atoms with Crippen LogP contribution in [0.25, 0.3) is 33.4 Å². The van der Waals surface area contributed by atoms with Crippen LogP contribution in [0.15, 0.2) is 97.1 Å². The summed E-state index contributed by atoms with van der Waals surface area (Å²) >= 11 is 0. The number of aromatic nitrogens is 6. The van der Waals surface area contributed by atoms with Crippen LogP contribution in [0.5, 0.6) is 0 Å². The van der Waals surface area contributed by atoms with Gasteiger partial charge in [-0.2, -0.15) is 4.80 Å². The number of rotatable bonds is 2. The van der Waals surface area contributed by atoms with Crippen molar-refractivity contribution in [1.82, 2.24) is 24.9 Å². The smallest absolute Gasteiger partial charge is 0.250 e. The Hall–Kier alpha value is -4.66. The second kappa shape index (κ2) is 8.46. The van der Waals surface area contributed by atoms with Crippen molar-refractivity contribution in [1.29, 1.82) is 0 Å². The Morgan fingerprint density at radius 3 is 1.61 bits per heavy atom. The van der Waals surface area contributed by atoms with Crippen LogP contribution in [0.4, 0.5) is 8.78 Å². The first kappa shape index (κ1) is 20.3. The molecule has 2 heterocycles. The van der Waals surface area contributed by atoms with E-state index < -0.39 is 0 Å². The van der Waals surface area contributed by atoms with Crippen LogP contribution in [-0.2, 0) is 0 Å². The topological polar surface area (TPSA) is 75.5 Å². The lowest BCUT2D eigenvalue weighted by molar-refractivity contribution is -0.664. The van der Waals surface area contributed by atoms with Crippen molar-refractivity contribution in [2.45, 2.75) is 0 Å². The van der Waals surface area contributed by atoms with Crippen LogP contribution < -0.4 is 4.85 Å². The summed E-state index contributed by atoms with van der Waals surface area (Å²) in [5, 5.41) is 24.7. The van der Waals surface area contributed by atoms with E-state index in [1.807, 2.05) is 30.3 Å². The normalized spacial score (nSPS) is 10.8. The van der Waals surface area contributed by atoms with Crippen molar-refractivity contribution in [2.75, 3.05) is 0 Å². The van der Waals surface area contributed by atoms with Crippen LogP contribution >= 0.6 is 0 Å². The molecule has 0 aliphatic rings. The van der Waals surface area contributed by atoms with Crippen LogP contribution in [0, 0.1) is 16.8 Å². The molecule has 33 heavy (non-hydrogen) atoms. The second-order valence-electron chi connectivity index (χ2n) is 7.08. The fourth-order valence-electron chi connectivity index (χ4n) is 3.24. The lowest BCUT2D eigenvalue weighted by Crippen LogP contribution is -2.37. The molecule has 7 nitrogen and oxygen atoms in total. The molecule has 0 aliphatic carbocycles. The van der Waals surface area contributed by atoms with E-state index in [4.69, 9.17) is 0 Å². The molecular weight excluding hydrogens is 426 g/mol. The van der Waals surface area contributed by atoms with E-state index >= 15 is 0 Å². The van der Waals surface area contributed by atoms with E-state index in [1.165, 1.54) is 46.0 Å². The second-order valence-corrected chi connectivity index (χ2v) is 7.08. The van der Waals surface area contributed by atoms with Crippen LogP contribution in [0.3, 0.4) is 0 Å². The van der Waals surface area contributed by atoms with Gasteiger partial charge in [-0.15, -0.1) is 15.0 Å². The van der Waals surface area contributed by atoms with Crippen LogP contribution in [-0.4, -0.2) is 24.9 Å². The average molecular weight is 442 g/mol. The molecule has 6 aromatic rings. The predicted octanol–water partition coefficient (Wildman–Crippen LogP) is 4.36. The van der Waals surface area contributed by atoms with Crippen molar-refractivity contribution in [3.63, 3.8) is 0 Å². The summed E-state index contributed by atoms with van der Waals surface area (Å²) in [5.41, 5.74) is 4.01. The number of hydrogen-bond acceptors (Lipinski definition) is 4. The van der Waals surface area contributed by atoms with Gasteiger partial charge in [-0.3, -0.25) is 0 Å². The molecule has 0 fully saturated rings. The molecule has 0 spiro atoms. The molecule has 0 saturated heterocycles. The Labute approximate surface area is 186 Å². The SMILES string of the molecule is Fc1ccc(-n2nc3ccccc3n2)cc1.[O-][n+]1c2ccccc2nn1-c1ccc(F)cc1. The molecule has 0 radical (unpaired) electrons. The highest BCUT2D eigenvalue weighted by molar-refractivity contribution is 5.73. The van der Waals surface area contributed by atoms with Crippen LogP contribution in [0.2, 0.25) is 0 Å². The minimum Gasteiger partial charge on any atom is -0.692 e. The summed E-state index contributed by atoms with van der Waals surface area (Å²) in [6, 6.07) is 26.3. The largest absolute Gasteiger partial charge is 0.692 e. The maximum absolute atomic E-state index is 12.8. The monoisotopic (exact) mass is 442 g/mol. The summed E-state index contributed by atoms with van der Waals surface area (Å²) in [7, 11) is 0. The molecule has 0 N–H and O–H groups in total. The highest BCUT2D eigenvalue weighted by Crippen LogP contribution is 2.13. The van der Waals surface area contributed by atoms with E-state index in [9.17, 15) is 14.0 Å². The number of hydrogen-bond donors (Lipinski definition) is 0. The molecule has 9 heteroatoms. The number of para-hydroxylation sites is 1. The van der Waals surface area contributed by atoms with Gasteiger partial charge >= 0.3 is 0 Å². The third-order valence-corrected chi connectivity index (χ3v) is 4.86. The van der Waals surface area contributed by atoms with Gasteiger partial charge in [-0.1, -0.05) is 24.3 Å². The quantitative estimate of drug-likeness (QED) is 0.295. The third kappa shape index (κ3) is 4.11. The van der Waals surface area contributed by atoms with Gasteiger partial charge in [0.2, 0.25) is 11.0 Å². The zero-order chi connectivity index (χ0) is 22.8. The molecule has 2 aromatic heterocycles. The lowest BCUT2D eigenvalue weighted by Gasteiger charge is -2.03. The fourth-order valence-corrected chi connectivity index (χ4v) is 3.24. The number of benzene rings is 4. The van der Waals surface area contributed by atoms with Crippen molar-refractivity contribution >= 4 is 22.1 Å². The number of halogens is 2. The first-order valence-corrected chi connectivity index (χ1v) is 10.00. The van der Waals surface area contributed by atoms with E-state index in [0.717, 1.165) is 16.7 Å². The van der Waals surface area contributed by atoms with Crippen LogP contribution in [0.1, 0.15) is 0 Å². The molecule has 6 rings (SSSR count). The molecule has 0 amide bonds. The standard InChI is InChI=1S/C12H8FN3O.C12H8FN3/c13-9-5-7-10(8-6-9)15-14-11-3-1-2-4-12(11)16(15)17;13-9-5-7-10(8-6-9)16-14-11-3-1-2-4-12(11)15-16/h1-8H;1-8H. The summed E-state index contributed by atoms with van der Waals surface area (Å²) in [4.78, 5) is 3.39. The Balaban J connectivity index is 0.000000139. The van der Waals surface area contributed by atoms with E-state index in [2.05, 4.69) is 15.3 Å². The number of fused-ring (bicyclic) bond motifs is 2. The van der Waals surface area contributed by atoms with Gasteiger partial charge in [-0.05, 0) is 77.6 Å². The van der Waals surface area contributed by atoms with Gasteiger partial charge in [-0.25, -0.2) is 8.78 Å². The highest BCUT2D eigenvalue weighted by atomic mass is 19.1. The Bertz CT molecular complexity index is 1510. The first-order valence-electron chi connectivity index (χ1n) is 10.00. The van der Waals surface area contributed by atoms with E-state index in [1.54, 1.807) is 30.3 Å². The Kier molecular flexibility index (Phi) is 5.19. The average Bonchev–Trinajstić information content (AvgIpc) is 3.42. The summed E-state index contributed by atoms with van der Waals surface area (Å²) in [6.07, 6.45) is 0. The maximum atomic E-state index is 12.8. The lowest BCUT2D eigenvalue weighted by atomic mass is 10.3. The first-order chi connectivity index (χ1) is 16.1. The molecule has 0 aliphatic heterocycles. The van der Waals surface area contributed by atoms with Crippen molar-refractivity contribution in [3.05, 3.63) is 114 Å². The van der Waals surface area contributed by atoms with Crippen molar-refractivity contribution in [3.8, 4) is 11.4 Å². The molecule has 0 unspecified atom stereocenters. The third-order valence-electron chi connectivity index (χ3n) is 4.86. The summed E-state index contributed by atoms with van der Waals surface area (Å²) in [5.74, 6) is -0.608. The molecule has 0 atom stereocenters. The summed E-state index contributed by atoms with van der Waals surface area (Å²) in [6.45, 7) is 0. The van der Waals surface area contributed by atoms with Crippen molar-refractivity contribution < 1.29 is 13.6 Å². The minimum absolute atomic E-state index is 0.263. The molecular formula is C24H16F2N6O. The zero-order valence-electron chi connectivity index (χ0n) is 17.1. The van der Waals surface area contributed by atoms with Crippen molar-refractivity contribution in [2.24, 2.45) is 0 Å². The minimum atomic E-state index is -0.345. The zero-order valence-corrected chi connectivity index (χ0v) is 17.1. The number of nitrogens with zero attached hydrogens (tertiary/aromatic N) is 6. The Morgan fingerprint density at radius 1 is 0.576 bits per heavy atom. The molecule has 0 saturated carbocycles. The van der Waals surface area contributed by atoms with Gasteiger partial charge in [0.15, 0.2) is 0 Å².